The summed E-state index contributed by atoms with van der Waals surface area (Å²) in [6.07, 6.45) is 0. The van der Waals surface area contributed by atoms with E-state index in [1.807, 2.05) is 12.1 Å². The van der Waals surface area contributed by atoms with Gasteiger partial charge >= 0.3 is 0 Å². The van der Waals surface area contributed by atoms with Crippen molar-refractivity contribution in [1.82, 2.24) is 10.2 Å². The van der Waals surface area contributed by atoms with E-state index < -0.39 is 0 Å². The molecular formula is C22H30N2O4. The summed E-state index contributed by atoms with van der Waals surface area (Å²) in [5, 5.41) is 2.90. The molecule has 0 spiro atoms. The van der Waals surface area contributed by atoms with Crippen LogP contribution in [0.1, 0.15) is 42.6 Å². The van der Waals surface area contributed by atoms with Gasteiger partial charge in [0.25, 0.3) is 5.91 Å². The zero-order valence-electron chi connectivity index (χ0n) is 17.0. The van der Waals surface area contributed by atoms with Crippen molar-refractivity contribution in [1.29, 1.82) is 0 Å². The van der Waals surface area contributed by atoms with Crippen molar-refractivity contribution < 1.29 is 18.7 Å². The first kappa shape index (κ1) is 20.4. The molecule has 1 aromatic carbocycles. The molecule has 1 saturated heterocycles. The van der Waals surface area contributed by atoms with E-state index >= 15 is 0 Å². The van der Waals surface area contributed by atoms with E-state index in [0.717, 1.165) is 38.6 Å². The van der Waals surface area contributed by atoms with Crippen molar-refractivity contribution in [2.45, 2.75) is 32.8 Å². The number of furan rings is 1. The molecule has 0 saturated carbocycles. The van der Waals surface area contributed by atoms with Gasteiger partial charge in [-0.15, -0.1) is 0 Å². The predicted octanol–water partition coefficient (Wildman–Crippen LogP) is 3.22. The monoisotopic (exact) mass is 386 g/mol. The van der Waals surface area contributed by atoms with Gasteiger partial charge in [0, 0.05) is 26.2 Å². The summed E-state index contributed by atoms with van der Waals surface area (Å²) in [5.74, 6) is 1.51. The number of hydrogen-bond donors (Lipinski definition) is 1. The van der Waals surface area contributed by atoms with Crippen LogP contribution in [0.5, 0.6) is 5.75 Å². The lowest BCUT2D eigenvalue weighted by molar-refractivity contribution is 0.0382. The van der Waals surface area contributed by atoms with Crippen LogP contribution in [-0.2, 0) is 16.8 Å². The quantitative estimate of drug-likeness (QED) is 0.792. The van der Waals surface area contributed by atoms with E-state index in [1.54, 1.807) is 12.1 Å². The van der Waals surface area contributed by atoms with Crippen LogP contribution in [0.15, 0.2) is 40.8 Å². The Balaban J connectivity index is 1.43. The maximum atomic E-state index is 12.2. The fraction of sp³-hybridized carbons (Fsp3) is 0.500. The SMILES string of the molecule is CC(C)(C)c1ccc(OCc2ccc(C(=O)NCCN3CCOCC3)o2)cc1. The Labute approximate surface area is 166 Å². The summed E-state index contributed by atoms with van der Waals surface area (Å²) in [6.45, 7) is 11.6. The average molecular weight is 386 g/mol. The van der Waals surface area contributed by atoms with Gasteiger partial charge in [0.1, 0.15) is 18.1 Å². The zero-order valence-corrected chi connectivity index (χ0v) is 17.0. The second kappa shape index (κ2) is 9.26. The lowest BCUT2D eigenvalue weighted by Crippen LogP contribution is -2.41. The third-order valence-corrected chi connectivity index (χ3v) is 4.80. The van der Waals surface area contributed by atoms with Crippen LogP contribution in [0.25, 0.3) is 0 Å². The van der Waals surface area contributed by atoms with E-state index in [9.17, 15) is 4.79 Å². The van der Waals surface area contributed by atoms with E-state index in [2.05, 4.69) is 43.1 Å². The predicted molar refractivity (Wildman–Crippen MR) is 108 cm³/mol. The molecule has 1 amide bonds. The van der Waals surface area contributed by atoms with Gasteiger partial charge in [-0.25, -0.2) is 0 Å². The number of ether oxygens (including phenoxy) is 2. The number of carbonyl (C=O) groups excluding carboxylic acids is 1. The lowest BCUT2D eigenvalue weighted by Gasteiger charge is -2.26. The normalized spacial score (nSPS) is 15.4. The molecule has 6 heteroatoms. The molecule has 1 N–H and O–H groups in total. The maximum absolute atomic E-state index is 12.2. The number of morpholine rings is 1. The van der Waals surface area contributed by atoms with Gasteiger partial charge in [0.15, 0.2) is 5.76 Å². The van der Waals surface area contributed by atoms with E-state index in [1.165, 1.54) is 5.56 Å². The Kier molecular flexibility index (Phi) is 6.75. The minimum atomic E-state index is -0.200. The fourth-order valence-corrected chi connectivity index (χ4v) is 3.02. The largest absolute Gasteiger partial charge is 0.486 e. The molecule has 1 aliphatic heterocycles. The molecule has 0 radical (unpaired) electrons. The molecule has 0 bridgehead atoms. The average Bonchev–Trinajstić information content (AvgIpc) is 3.16. The van der Waals surface area contributed by atoms with Crippen LogP contribution in [-0.4, -0.2) is 50.2 Å². The van der Waals surface area contributed by atoms with E-state index in [4.69, 9.17) is 13.9 Å². The second-order valence-corrected chi connectivity index (χ2v) is 8.04. The van der Waals surface area contributed by atoms with Gasteiger partial charge in [-0.3, -0.25) is 9.69 Å². The molecule has 2 heterocycles. The third kappa shape index (κ3) is 5.84. The molecule has 3 rings (SSSR count). The lowest BCUT2D eigenvalue weighted by atomic mass is 9.87. The summed E-state index contributed by atoms with van der Waals surface area (Å²) >= 11 is 0. The maximum Gasteiger partial charge on any atom is 0.287 e. The highest BCUT2D eigenvalue weighted by Crippen LogP contribution is 2.24. The standard InChI is InChI=1S/C22H30N2O4/c1-22(2,3)17-4-6-18(7-5-17)27-16-19-8-9-20(28-19)21(25)23-10-11-24-12-14-26-15-13-24/h4-9H,10-16H2,1-3H3,(H,23,25). The number of carbonyl (C=O) groups is 1. The Morgan fingerprint density at radius 3 is 2.50 bits per heavy atom. The van der Waals surface area contributed by atoms with E-state index in [-0.39, 0.29) is 17.9 Å². The minimum Gasteiger partial charge on any atom is -0.486 e. The number of nitrogens with zero attached hydrogens (tertiary/aromatic N) is 1. The molecule has 0 aliphatic carbocycles. The summed E-state index contributed by atoms with van der Waals surface area (Å²) in [4.78, 5) is 14.5. The van der Waals surface area contributed by atoms with Gasteiger partial charge in [-0.2, -0.15) is 0 Å². The third-order valence-electron chi connectivity index (χ3n) is 4.80. The van der Waals surface area contributed by atoms with Crippen LogP contribution in [0.4, 0.5) is 0 Å². The fourth-order valence-electron chi connectivity index (χ4n) is 3.02. The van der Waals surface area contributed by atoms with Crippen molar-refractivity contribution in [3.8, 4) is 5.75 Å². The van der Waals surface area contributed by atoms with Gasteiger partial charge < -0.3 is 19.2 Å². The molecule has 0 unspecified atom stereocenters. The number of nitrogens with one attached hydrogen (secondary N) is 1. The Hall–Kier alpha value is -2.31. The van der Waals surface area contributed by atoms with Gasteiger partial charge in [0.2, 0.25) is 0 Å². The topological polar surface area (TPSA) is 63.9 Å². The Bertz CT molecular complexity index is 756. The number of benzene rings is 1. The zero-order chi connectivity index (χ0) is 20.0. The van der Waals surface area contributed by atoms with Crippen LogP contribution < -0.4 is 10.1 Å². The van der Waals surface area contributed by atoms with Crippen LogP contribution in [0.3, 0.4) is 0 Å². The van der Waals surface area contributed by atoms with E-state index in [0.29, 0.717) is 18.1 Å². The van der Waals surface area contributed by atoms with Gasteiger partial charge in [0.05, 0.1) is 13.2 Å². The van der Waals surface area contributed by atoms with Crippen molar-refractivity contribution in [2.24, 2.45) is 0 Å². The van der Waals surface area contributed by atoms with Crippen molar-refractivity contribution >= 4 is 5.91 Å². The highest BCUT2D eigenvalue weighted by Gasteiger charge is 2.15. The molecule has 1 aromatic heterocycles. The molecule has 152 valence electrons. The molecule has 6 nitrogen and oxygen atoms in total. The summed E-state index contributed by atoms with van der Waals surface area (Å²) < 4.78 is 16.7. The van der Waals surface area contributed by atoms with Crippen molar-refractivity contribution in [2.75, 3.05) is 39.4 Å². The second-order valence-electron chi connectivity index (χ2n) is 8.04. The molecule has 0 atom stereocenters. The smallest absolute Gasteiger partial charge is 0.287 e. The van der Waals surface area contributed by atoms with Crippen LogP contribution in [0.2, 0.25) is 0 Å². The Morgan fingerprint density at radius 1 is 1.11 bits per heavy atom. The first-order valence-corrected chi connectivity index (χ1v) is 9.82. The molecule has 1 fully saturated rings. The highest BCUT2D eigenvalue weighted by molar-refractivity contribution is 5.91. The molecule has 1 aliphatic rings. The highest BCUT2D eigenvalue weighted by atomic mass is 16.5. The Morgan fingerprint density at radius 2 is 1.82 bits per heavy atom. The van der Waals surface area contributed by atoms with Crippen LogP contribution >= 0.6 is 0 Å². The van der Waals surface area contributed by atoms with Gasteiger partial charge in [-0.05, 0) is 35.2 Å². The molecule has 2 aromatic rings. The summed E-state index contributed by atoms with van der Waals surface area (Å²) in [6, 6.07) is 11.5. The minimum absolute atomic E-state index is 0.115. The number of amides is 1. The van der Waals surface area contributed by atoms with Crippen molar-refractivity contribution in [3.05, 3.63) is 53.5 Å². The first-order valence-electron chi connectivity index (χ1n) is 9.82. The molecular weight excluding hydrogens is 356 g/mol. The summed E-state index contributed by atoms with van der Waals surface area (Å²) in [5.41, 5.74) is 1.37. The van der Waals surface area contributed by atoms with Gasteiger partial charge in [-0.1, -0.05) is 32.9 Å². The summed E-state index contributed by atoms with van der Waals surface area (Å²) in [7, 11) is 0. The molecule has 28 heavy (non-hydrogen) atoms. The van der Waals surface area contributed by atoms with Crippen molar-refractivity contribution in [3.63, 3.8) is 0 Å². The van der Waals surface area contributed by atoms with Crippen LogP contribution in [0, 0.1) is 0 Å². The first-order chi connectivity index (χ1) is 13.4. The number of hydrogen-bond acceptors (Lipinski definition) is 5. The number of rotatable bonds is 7.